The number of anilines is 1. The number of ether oxygens (including phenoxy) is 2. The van der Waals surface area contributed by atoms with E-state index >= 15 is 0 Å². The first-order valence-electron chi connectivity index (χ1n) is 7.42. The molecule has 0 fully saturated rings. The van der Waals surface area contributed by atoms with Gasteiger partial charge in [-0.15, -0.1) is 16.9 Å². The Kier molecular flexibility index (Phi) is 4.02. The Hall–Kier alpha value is -3.00. The Morgan fingerprint density at radius 3 is 2.68 bits per heavy atom. The van der Waals surface area contributed by atoms with Gasteiger partial charge in [0.05, 0.1) is 0 Å². The van der Waals surface area contributed by atoms with Crippen molar-refractivity contribution in [3.63, 3.8) is 0 Å². The lowest BCUT2D eigenvalue weighted by molar-refractivity contribution is 0.102. The molecule has 1 aliphatic heterocycles. The topological polar surface area (TPSA) is 86.5 Å². The Morgan fingerprint density at radius 2 is 1.88 bits per heavy atom. The predicted molar refractivity (Wildman–Crippen MR) is 92.0 cm³/mol. The summed E-state index contributed by atoms with van der Waals surface area (Å²) in [6, 6.07) is 12.6. The van der Waals surface area contributed by atoms with Gasteiger partial charge >= 0.3 is 6.01 Å². The van der Waals surface area contributed by atoms with Crippen molar-refractivity contribution in [2.75, 3.05) is 18.4 Å². The van der Waals surface area contributed by atoms with Crippen LogP contribution in [0.3, 0.4) is 0 Å². The van der Waals surface area contributed by atoms with Crippen LogP contribution in [0.2, 0.25) is 0 Å². The molecule has 1 N–H and O–H groups in total. The number of rotatable bonds is 4. The second-order valence-corrected chi connectivity index (χ2v) is 6.04. The molecular weight excluding hydrogens is 342 g/mol. The second kappa shape index (κ2) is 6.48. The van der Waals surface area contributed by atoms with Crippen molar-refractivity contribution in [1.82, 2.24) is 10.2 Å². The van der Waals surface area contributed by atoms with Crippen molar-refractivity contribution in [3.8, 4) is 23.0 Å². The number of benzene rings is 2. The van der Waals surface area contributed by atoms with E-state index in [2.05, 4.69) is 15.5 Å². The van der Waals surface area contributed by atoms with Crippen LogP contribution in [-0.2, 0) is 0 Å². The van der Waals surface area contributed by atoms with Gasteiger partial charge in [0.25, 0.3) is 5.91 Å². The molecule has 0 aliphatic carbocycles. The van der Waals surface area contributed by atoms with Crippen LogP contribution in [0.5, 0.6) is 11.5 Å². The molecule has 0 spiro atoms. The van der Waals surface area contributed by atoms with Gasteiger partial charge < -0.3 is 13.9 Å². The fourth-order valence-corrected chi connectivity index (χ4v) is 2.74. The van der Waals surface area contributed by atoms with Crippen molar-refractivity contribution in [2.24, 2.45) is 0 Å². The summed E-state index contributed by atoms with van der Waals surface area (Å²) in [7, 11) is 0. The zero-order valence-corrected chi connectivity index (χ0v) is 14.0. The van der Waals surface area contributed by atoms with Gasteiger partial charge in [0, 0.05) is 16.0 Å². The molecule has 1 amide bonds. The van der Waals surface area contributed by atoms with E-state index in [1.807, 2.05) is 18.4 Å². The first-order valence-corrected chi connectivity index (χ1v) is 8.64. The van der Waals surface area contributed by atoms with Gasteiger partial charge in [-0.2, -0.15) is 0 Å². The maximum atomic E-state index is 12.2. The number of nitrogens with one attached hydrogen (secondary N) is 1. The van der Waals surface area contributed by atoms with Crippen LogP contribution in [0.15, 0.2) is 51.8 Å². The lowest BCUT2D eigenvalue weighted by atomic mass is 10.2. The molecule has 0 saturated heterocycles. The molecule has 25 heavy (non-hydrogen) atoms. The minimum Gasteiger partial charge on any atom is -0.454 e. The molecule has 0 atom stereocenters. The number of carbonyl (C=O) groups is 1. The van der Waals surface area contributed by atoms with Crippen LogP contribution in [0.25, 0.3) is 11.5 Å². The van der Waals surface area contributed by atoms with Crippen molar-refractivity contribution < 1.29 is 18.7 Å². The van der Waals surface area contributed by atoms with Crippen molar-refractivity contribution in [3.05, 3.63) is 48.0 Å². The highest BCUT2D eigenvalue weighted by molar-refractivity contribution is 7.98. The van der Waals surface area contributed by atoms with Gasteiger partial charge in [-0.3, -0.25) is 10.1 Å². The molecule has 0 saturated carbocycles. The third-order valence-corrected chi connectivity index (χ3v) is 4.36. The molecule has 0 unspecified atom stereocenters. The van der Waals surface area contributed by atoms with E-state index in [-0.39, 0.29) is 24.6 Å². The Balaban J connectivity index is 1.50. The first kappa shape index (κ1) is 15.5. The lowest BCUT2D eigenvalue weighted by Crippen LogP contribution is -2.11. The summed E-state index contributed by atoms with van der Waals surface area (Å²) in [5, 5.41) is 10.4. The Morgan fingerprint density at radius 1 is 1.08 bits per heavy atom. The summed E-state index contributed by atoms with van der Waals surface area (Å²) in [6.07, 6.45) is 1.98. The van der Waals surface area contributed by atoms with Gasteiger partial charge in [0.1, 0.15) is 0 Å². The zero-order valence-electron chi connectivity index (χ0n) is 13.2. The number of amides is 1. The van der Waals surface area contributed by atoms with Crippen LogP contribution in [0.4, 0.5) is 6.01 Å². The van der Waals surface area contributed by atoms with E-state index in [9.17, 15) is 4.79 Å². The summed E-state index contributed by atoms with van der Waals surface area (Å²) in [4.78, 5) is 13.3. The fraction of sp³-hybridized carbons (Fsp3) is 0.118. The first-order chi connectivity index (χ1) is 12.2. The third-order valence-electron chi connectivity index (χ3n) is 3.62. The highest BCUT2D eigenvalue weighted by Gasteiger charge is 2.17. The van der Waals surface area contributed by atoms with E-state index in [0.717, 1.165) is 4.90 Å². The maximum absolute atomic E-state index is 12.2. The Bertz CT molecular complexity index is 924. The van der Waals surface area contributed by atoms with Crippen molar-refractivity contribution >= 4 is 23.7 Å². The SMILES string of the molecule is CSc1ccc(C(=O)Nc2nnc(-c3ccc4c(c3)OCO4)o2)cc1. The molecule has 1 aromatic heterocycles. The number of aromatic nitrogens is 2. The molecule has 2 aromatic carbocycles. The number of thioether (sulfide) groups is 1. The molecule has 0 bridgehead atoms. The minimum absolute atomic E-state index is 0.0339. The quantitative estimate of drug-likeness (QED) is 0.717. The van der Waals surface area contributed by atoms with Crippen molar-refractivity contribution in [2.45, 2.75) is 4.90 Å². The molecule has 1 aliphatic rings. The normalized spacial score (nSPS) is 12.2. The molecule has 8 heteroatoms. The zero-order chi connectivity index (χ0) is 17.2. The molecule has 7 nitrogen and oxygen atoms in total. The molecule has 126 valence electrons. The number of nitrogens with zero attached hydrogens (tertiary/aromatic N) is 2. The van der Waals surface area contributed by atoms with E-state index in [0.29, 0.717) is 22.6 Å². The fourth-order valence-electron chi connectivity index (χ4n) is 2.33. The number of hydrogen-bond donors (Lipinski definition) is 1. The monoisotopic (exact) mass is 355 g/mol. The van der Waals surface area contributed by atoms with Gasteiger partial charge in [0.15, 0.2) is 11.5 Å². The van der Waals surface area contributed by atoms with Crippen LogP contribution in [0.1, 0.15) is 10.4 Å². The number of hydrogen-bond acceptors (Lipinski definition) is 7. The van der Waals surface area contributed by atoms with E-state index in [1.54, 1.807) is 42.1 Å². The Labute approximate surface area is 147 Å². The summed E-state index contributed by atoms with van der Waals surface area (Å²) < 4.78 is 16.1. The summed E-state index contributed by atoms with van der Waals surface area (Å²) in [6.45, 7) is 0.194. The van der Waals surface area contributed by atoms with E-state index in [4.69, 9.17) is 13.9 Å². The van der Waals surface area contributed by atoms with Crippen LogP contribution in [0, 0.1) is 0 Å². The summed E-state index contributed by atoms with van der Waals surface area (Å²) in [5.74, 6) is 1.26. The minimum atomic E-state index is -0.312. The van der Waals surface area contributed by atoms with Crippen molar-refractivity contribution in [1.29, 1.82) is 0 Å². The lowest BCUT2D eigenvalue weighted by Gasteiger charge is -2.02. The smallest absolute Gasteiger partial charge is 0.322 e. The second-order valence-electron chi connectivity index (χ2n) is 5.16. The molecule has 0 radical (unpaired) electrons. The summed E-state index contributed by atoms with van der Waals surface area (Å²) in [5.41, 5.74) is 1.20. The largest absolute Gasteiger partial charge is 0.454 e. The summed E-state index contributed by atoms with van der Waals surface area (Å²) >= 11 is 1.61. The van der Waals surface area contributed by atoms with E-state index < -0.39 is 0 Å². The molecule has 3 aromatic rings. The molecular formula is C17H13N3O4S. The number of carbonyl (C=O) groups excluding carboxylic acids is 1. The average molecular weight is 355 g/mol. The van der Waals surface area contributed by atoms with Gasteiger partial charge in [0.2, 0.25) is 12.7 Å². The van der Waals surface area contributed by atoms with Crippen LogP contribution >= 0.6 is 11.8 Å². The van der Waals surface area contributed by atoms with Gasteiger partial charge in [-0.1, -0.05) is 5.10 Å². The van der Waals surface area contributed by atoms with Crippen LogP contribution in [-0.4, -0.2) is 29.2 Å². The highest BCUT2D eigenvalue weighted by Crippen LogP contribution is 2.35. The third kappa shape index (κ3) is 3.16. The van der Waals surface area contributed by atoms with E-state index in [1.165, 1.54) is 0 Å². The average Bonchev–Trinajstić information content (AvgIpc) is 3.30. The standard InChI is InChI=1S/C17H13N3O4S/c1-25-12-5-2-10(3-6-12)15(21)18-17-20-19-16(24-17)11-4-7-13-14(8-11)23-9-22-13/h2-8H,9H2,1H3,(H,18,20,21). The van der Waals surface area contributed by atoms with Gasteiger partial charge in [-0.25, -0.2) is 0 Å². The van der Waals surface area contributed by atoms with Gasteiger partial charge in [-0.05, 0) is 48.7 Å². The molecule has 4 rings (SSSR count). The maximum Gasteiger partial charge on any atom is 0.322 e. The molecule has 2 heterocycles. The highest BCUT2D eigenvalue weighted by atomic mass is 32.2. The predicted octanol–water partition coefficient (Wildman–Crippen LogP) is 3.44. The van der Waals surface area contributed by atoms with Crippen LogP contribution < -0.4 is 14.8 Å². The number of fused-ring (bicyclic) bond motifs is 1.